The molecule has 0 aliphatic carbocycles. The van der Waals surface area contributed by atoms with E-state index >= 15 is 0 Å². The fourth-order valence-electron chi connectivity index (χ4n) is 3.38. The molecule has 2 aromatic heterocycles. The summed E-state index contributed by atoms with van der Waals surface area (Å²) < 4.78 is 7.18. The van der Waals surface area contributed by atoms with Crippen molar-refractivity contribution in [1.29, 1.82) is 0 Å². The van der Waals surface area contributed by atoms with E-state index in [0.717, 1.165) is 16.8 Å². The zero-order chi connectivity index (χ0) is 21.1. The van der Waals surface area contributed by atoms with Crippen molar-refractivity contribution in [2.45, 2.75) is 26.2 Å². The summed E-state index contributed by atoms with van der Waals surface area (Å²) in [5.41, 5.74) is 4.62. The largest absolute Gasteiger partial charge is 0.496 e. The Bertz CT molecular complexity index is 1180. The normalized spacial score (nSPS) is 11.1. The van der Waals surface area contributed by atoms with E-state index in [9.17, 15) is 4.79 Å². The highest BCUT2D eigenvalue weighted by atomic mass is 16.5. The molecule has 152 valence electrons. The molecule has 0 atom stereocenters. The highest BCUT2D eigenvalue weighted by molar-refractivity contribution is 5.92. The van der Waals surface area contributed by atoms with Gasteiger partial charge in [-0.2, -0.15) is 0 Å². The van der Waals surface area contributed by atoms with Crippen molar-refractivity contribution in [3.63, 3.8) is 0 Å². The van der Waals surface area contributed by atoms with Gasteiger partial charge in [0.05, 0.1) is 31.6 Å². The van der Waals surface area contributed by atoms with Crippen molar-refractivity contribution in [3.05, 3.63) is 78.2 Å². The molecule has 6 nitrogen and oxygen atoms in total. The van der Waals surface area contributed by atoms with Crippen LogP contribution in [0, 0.1) is 0 Å². The zero-order valence-corrected chi connectivity index (χ0v) is 17.3. The summed E-state index contributed by atoms with van der Waals surface area (Å²) in [5.74, 6) is 1.64. The lowest BCUT2D eigenvalue weighted by atomic mass is 10.0. The van der Waals surface area contributed by atoms with Gasteiger partial charge in [0.25, 0.3) is 0 Å². The number of amides is 1. The number of ether oxygens (including phenoxy) is 1. The lowest BCUT2D eigenvalue weighted by Crippen LogP contribution is -2.16. The summed E-state index contributed by atoms with van der Waals surface area (Å²) in [5, 5.41) is 2.95. The molecule has 30 heavy (non-hydrogen) atoms. The average Bonchev–Trinajstić information content (AvgIpc) is 3.16. The predicted octanol–water partition coefficient (Wildman–Crippen LogP) is 4.71. The maximum atomic E-state index is 12.6. The van der Waals surface area contributed by atoms with Crippen LogP contribution in [0.1, 0.15) is 30.9 Å². The van der Waals surface area contributed by atoms with Gasteiger partial charge in [0.15, 0.2) is 5.65 Å². The Balaban J connectivity index is 1.57. The molecule has 4 aromatic rings. The van der Waals surface area contributed by atoms with Crippen LogP contribution in [0.3, 0.4) is 0 Å². The van der Waals surface area contributed by atoms with Crippen LogP contribution in [-0.2, 0) is 11.2 Å². The summed E-state index contributed by atoms with van der Waals surface area (Å²) in [6, 6.07) is 15.9. The molecule has 0 bridgehead atoms. The minimum Gasteiger partial charge on any atom is -0.496 e. The second-order valence-corrected chi connectivity index (χ2v) is 7.46. The number of carbonyl (C=O) groups is 1. The van der Waals surface area contributed by atoms with Crippen molar-refractivity contribution in [2.24, 2.45) is 0 Å². The molecule has 0 saturated carbocycles. The smallest absolute Gasteiger partial charge is 0.230 e. The van der Waals surface area contributed by atoms with Crippen molar-refractivity contribution in [3.8, 4) is 17.0 Å². The topological polar surface area (TPSA) is 68.5 Å². The Hall–Kier alpha value is -3.67. The van der Waals surface area contributed by atoms with Crippen LogP contribution in [0.4, 0.5) is 5.82 Å². The Morgan fingerprint density at radius 3 is 2.57 bits per heavy atom. The number of nitrogens with one attached hydrogen (secondary N) is 1. The van der Waals surface area contributed by atoms with Gasteiger partial charge in [-0.15, -0.1) is 0 Å². The van der Waals surface area contributed by atoms with E-state index in [1.807, 2.05) is 34.9 Å². The van der Waals surface area contributed by atoms with Crippen molar-refractivity contribution < 1.29 is 9.53 Å². The van der Waals surface area contributed by atoms with E-state index in [0.29, 0.717) is 23.1 Å². The van der Waals surface area contributed by atoms with Gasteiger partial charge in [-0.1, -0.05) is 56.3 Å². The second kappa shape index (κ2) is 8.37. The number of benzene rings is 2. The first-order chi connectivity index (χ1) is 14.5. The molecule has 0 aliphatic heterocycles. The summed E-state index contributed by atoms with van der Waals surface area (Å²) >= 11 is 0. The molecule has 4 rings (SSSR count). The van der Waals surface area contributed by atoms with Crippen LogP contribution >= 0.6 is 0 Å². The minimum atomic E-state index is -0.138. The number of methoxy groups -OCH3 is 1. The van der Waals surface area contributed by atoms with Crippen LogP contribution in [0.25, 0.3) is 16.9 Å². The van der Waals surface area contributed by atoms with Crippen LogP contribution in [-0.4, -0.2) is 27.4 Å². The number of imidazole rings is 1. The van der Waals surface area contributed by atoms with Gasteiger partial charge < -0.3 is 10.1 Å². The summed E-state index contributed by atoms with van der Waals surface area (Å²) in [7, 11) is 1.60. The third-order valence-corrected chi connectivity index (χ3v) is 5.08. The van der Waals surface area contributed by atoms with Crippen molar-refractivity contribution in [1.82, 2.24) is 14.4 Å². The fourth-order valence-corrected chi connectivity index (χ4v) is 3.38. The molecule has 2 heterocycles. The first kappa shape index (κ1) is 19.6. The number of hydrogen-bond donors (Lipinski definition) is 1. The number of nitrogens with zero attached hydrogens (tertiary/aromatic N) is 3. The lowest BCUT2D eigenvalue weighted by molar-refractivity contribution is -0.115. The van der Waals surface area contributed by atoms with E-state index < -0.39 is 0 Å². The number of carbonyl (C=O) groups excluding carboxylic acids is 1. The quantitative estimate of drug-likeness (QED) is 0.509. The second-order valence-electron chi connectivity index (χ2n) is 7.46. The minimum absolute atomic E-state index is 0.138. The van der Waals surface area contributed by atoms with E-state index in [-0.39, 0.29) is 12.3 Å². The van der Waals surface area contributed by atoms with Gasteiger partial charge in [0.2, 0.25) is 5.91 Å². The number of hydrogen-bond acceptors (Lipinski definition) is 4. The summed E-state index contributed by atoms with van der Waals surface area (Å²) in [6.45, 7) is 4.34. The zero-order valence-electron chi connectivity index (χ0n) is 17.3. The predicted molar refractivity (Wildman–Crippen MR) is 118 cm³/mol. The van der Waals surface area contributed by atoms with Crippen molar-refractivity contribution >= 4 is 17.4 Å². The molecule has 0 saturated heterocycles. The molecule has 0 spiro atoms. The number of fused-ring (bicyclic) bond motifs is 1. The fraction of sp³-hybridized carbons (Fsp3) is 0.208. The molecule has 0 aliphatic rings. The maximum Gasteiger partial charge on any atom is 0.230 e. The van der Waals surface area contributed by atoms with Crippen LogP contribution in [0.2, 0.25) is 0 Å². The van der Waals surface area contributed by atoms with Gasteiger partial charge in [-0.25, -0.2) is 4.98 Å². The van der Waals surface area contributed by atoms with Crippen LogP contribution in [0.15, 0.2) is 67.1 Å². The van der Waals surface area contributed by atoms with Crippen molar-refractivity contribution in [2.75, 3.05) is 12.4 Å². The molecule has 6 heteroatoms. The third kappa shape index (κ3) is 4.03. The van der Waals surface area contributed by atoms with Gasteiger partial charge in [-0.05, 0) is 17.5 Å². The summed E-state index contributed by atoms with van der Waals surface area (Å²) in [6.07, 6.45) is 5.46. The van der Waals surface area contributed by atoms with Gasteiger partial charge in [0, 0.05) is 17.3 Å². The molecule has 0 fully saturated rings. The van der Waals surface area contributed by atoms with E-state index in [2.05, 4.69) is 53.4 Å². The van der Waals surface area contributed by atoms with Gasteiger partial charge >= 0.3 is 0 Å². The SMILES string of the molecule is COc1ccccc1CC(=O)Nc1cnc2cnc(-c3ccc(C(C)C)cc3)cn12. The number of anilines is 1. The van der Waals surface area contributed by atoms with E-state index in [1.165, 1.54) is 5.56 Å². The number of rotatable bonds is 6. The van der Waals surface area contributed by atoms with Gasteiger partial charge in [0.1, 0.15) is 11.6 Å². The Morgan fingerprint density at radius 2 is 1.83 bits per heavy atom. The monoisotopic (exact) mass is 400 g/mol. The van der Waals surface area contributed by atoms with E-state index in [4.69, 9.17) is 4.74 Å². The molecule has 0 radical (unpaired) electrons. The van der Waals surface area contributed by atoms with Gasteiger partial charge in [-0.3, -0.25) is 14.2 Å². The first-order valence-electron chi connectivity index (χ1n) is 9.90. The summed E-state index contributed by atoms with van der Waals surface area (Å²) in [4.78, 5) is 21.5. The van der Waals surface area contributed by atoms with Crippen LogP contribution in [0.5, 0.6) is 5.75 Å². The lowest BCUT2D eigenvalue weighted by Gasteiger charge is -2.10. The standard InChI is InChI=1S/C24H24N4O2/c1-16(2)17-8-10-18(11-9-17)20-15-28-22(13-25-20)26-14-23(28)27-24(29)12-19-6-4-5-7-21(19)30-3/h4-11,13-16H,12H2,1-3H3,(H,27,29). The molecule has 0 unspecified atom stereocenters. The first-order valence-corrected chi connectivity index (χ1v) is 9.90. The molecule has 1 N–H and O–H groups in total. The molecule has 1 amide bonds. The molecule has 2 aromatic carbocycles. The average molecular weight is 400 g/mol. The number of para-hydroxylation sites is 1. The number of aromatic nitrogens is 3. The third-order valence-electron chi connectivity index (χ3n) is 5.08. The highest BCUT2D eigenvalue weighted by Crippen LogP contribution is 2.23. The highest BCUT2D eigenvalue weighted by Gasteiger charge is 2.12. The Kier molecular flexibility index (Phi) is 5.48. The molecular weight excluding hydrogens is 376 g/mol. The Morgan fingerprint density at radius 1 is 1.07 bits per heavy atom. The van der Waals surface area contributed by atoms with E-state index in [1.54, 1.807) is 19.5 Å². The Labute approximate surface area is 175 Å². The molecular formula is C24H24N4O2. The van der Waals surface area contributed by atoms with Crippen LogP contribution < -0.4 is 10.1 Å². The maximum absolute atomic E-state index is 12.6.